The second kappa shape index (κ2) is 3.90. The molecule has 0 saturated carbocycles. The molecule has 0 spiro atoms. The summed E-state index contributed by atoms with van der Waals surface area (Å²) in [6, 6.07) is 0. The van der Waals surface area contributed by atoms with E-state index < -0.39 is 11.9 Å². The van der Waals surface area contributed by atoms with E-state index in [-0.39, 0.29) is 11.4 Å². The molecule has 1 aliphatic heterocycles. The predicted octanol–water partition coefficient (Wildman–Crippen LogP) is 0.699. The van der Waals surface area contributed by atoms with E-state index in [0.717, 1.165) is 11.8 Å². The largest absolute Gasteiger partial charge is 0.477 e. The van der Waals surface area contributed by atoms with Crippen LogP contribution in [0, 0.1) is 0 Å². The standard InChI is InChI=1S/C7H5NO4S/c9-6(10)4-1-2-13-3-5(8-4)7(11)12/h1-3H,(H,9,10)(H,11,12). The van der Waals surface area contributed by atoms with Gasteiger partial charge in [0.2, 0.25) is 0 Å². The zero-order valence-electron chi connectivity index (χ0n) is 6.30. The van der Waals surface area contributed by atoms with E-state index in [1.165, 1.54) is 16.9 Å². The summed E-state index contributed by atoms with van der Waals surface area (Å²) in [4.78, 5) is 24.4. The Hall–Kier alpha value is -1.56. The molecule has 6 heteroatoms. The molecule has 0 aromatic rings. The van der Waals surface area contributed by atoms with Gasteiger partial charge in [-0.05, 0) is 11.5 Å². The summed E-state index contributed by atoms with van der Waals surface area (Å²) < 4.78 is 0. The van der Waals surface area contributed by atoms with Crippen LogP contribution in [0.2, 0.25) is 0 Å². The minimum atomic E-state index is -1.24. The van der Waals surface area contributed by atoms with Crippen LogP contribution in [0.3, 0.4) is 0 Å². The minimum absolute atomic E-state index is 0.271. The van der Waals surface area contributed by atoms with E-state index in [0.29, 0.717) is 0 Å². The van der Waals surface area contributed by atoms with Crippen LogP contribution in [0.25, 0.3) is 0 Å². The predicted molar refractivity (Wildman–Crippen MR) is 47.5 cm³/mol. The van der Waals surface area contributed by atoms with Gasteiger partial charge in [-0.15, -0.1) is 11.8 Å². The smallest absolute Gasteiger partial charge is 0.355 e. The normalized spacial score (nSPS) is 15.7. The number of aliphatic carboxylic acids is 2. The van der Waals surface area contributed by atoms with Crippen molar-refractivity contribution in [2.75, 3.05) is 0 Å². The van der Waals surface area contributed by atoms with Crippen LogP contribution in [0.1, 0.15) is 0 Å². The zero-order chi connectivity index (χ0) is 9.84. The molecule has 1 aliphatic rings. The maximum absolute atomic E-state index is 10.5. The molecule has 2 N–H and O–H groups in total. The molecule has 1 heterocycles. The zero-order valence-corrected chi connectivity index (χ0v) is 7.11. The molecule has 0 aliphatic carbocycles. The van der Waals surface area contributed by atoms with Gasteiger partial charge in [-0.3, -0.25) is 0 Å². The lowest BCUT2D eigenvalue weighted by atomic mass is 10.3. The van der Waals surface area contributed by atoms with E-state index in [4.69, 9.17) is 10.2 Å². The van der Waals surface area contributed by atoms with Gasteiger partial charge in [-0.25, -0.2) is 14.6 Å². The van der Waals surface area contributed by atoms with Crippen molar-refractivity contribution in [3.05, 3.63) is 22.6 Å². The monoisotopic (exact) mass is 199 g/mol. The molecular weight excluding hydrogens is 194 g/mol. The number of carbonyl (C=O) groups is 2. The first kappa shape index (κ1) is 9.53. The Bertz CT molecular complexity index is 342. The van der Waals surface area contributed by atoms with Gasteiger partial charge in [-0.1, -0.05) is 0 Å². The molecule has 68 valence electrons. The molecule has 0 aromatic carbocycles. The van der Waals surface area contributed by atoms with Crippen molar-refractivity contribution in [2.45, 2.75) is 0 Å². The van der Waals surface area contributed by atoms with Gasteiger partial charge in [0.1, 0.15) is 5.71 Å². The second-order valence-corrected chi connectivity index (χ2v) is 2.83. The van der Waals surface area contributed by atoms with Crippen molar-refractivity contribution in [2.24, 2.45) is 4.99 Å². The van der Waals surface area contributed by atoms with E-state index in [1.54, 1.807) is 0 Å². The van der Waals surface area contributed by atoms with Crippen LogP contribution in [0.5, 0.6) is 0 Å². The first-order valence-corrected chi connectivity index (χ1v) is 4.13. The van der Waals surface area contributed by atoms with Gasteiger partial charge in [-0.2, -0.15) is 0 Å². The van der Waals surface area contributed by atoms with Crippen LogP contribution in [0.4, 0.5) is 0 Å². The number of aliphatic imine (C=N–C) groups is 1. The Kier molecular flexibility index (Phi) is 2.86. The Morgan fingerprint density at radius 3 is 2.54 bits per heavy atom. The number of thioether (sulfide) groups is 1. The van der Waals surface area contributed by atoms with E-state index >= 15 is 0 Å². The number of carboxylic acids is 2. The molecule has 0 amide bonds. The Labute approximate surface area is 77.5 Å². The molecule has 0 aromatic heterocycles. The number of hydrogen-bond acceptors (Lipinski definition) is 4. The lowest BCUT2D eigenvalue weighted by Gasteiger charge is -1.93. The summed E-state index contributed by atoms with van der Waals surface area (Å²) in [6.45, 7) is 0. The molecule has 0 fully saturated rings. The second-order valence-electron chi connectivity index (χ2n) is 2.05. The number of hydrogen-bond donors (Lipinski definition) is 2. The number of carboxylic acid groups (broad SMARTS) is 2. The Morgan fingerprint density at radius 2 is 2.00 bits per heavy atom. The SMILES string of the molecule is O=C(O)C1=CSC=CC(C(=O)O)=N1. The van der Waals surface area contributed by atoms with Crippen molar-refractivity contribution in [1.82, 2.24) is 0 Å². The summed E-state index contributed by atoms with van der Waals surface area (Å²) in [6.07, 6.45) is 1.25. The quantitative estimate of drug-likeness (QED) is 0.683. The fraction of sp³-hybridized carbons (Fsp3) is 0. The van der Waals surface area contributed by atoms with Crippen molar-refractivity contribution < 1.29 is 19.8 Å². The van der Waals surface area contributed by atoms with E-state index in [9.17, 15) is 9.59 Å². The molecule has 1 rings (SSSR count). The van der Waals surface area contributed by atoms with Crippen molar-refractivity contribution in [3.63, 3.8) is 0 Å². The van der Waals surface area contributed by atoms with Crippen LogP contribution in [-0.4, -0.2) is 27.9 Å². The third-order valence-corrected chi connectivity index (χ3v) is 1.82. The van der Waals surface area contributed by atoms with Gasteiger partial charge >= 0.3 is 11.9 Å². The average molecular weight is 199 g/mol. The fourth-order valence-electron chi connectivity index (χ4n) is 0.618. The summed E-state index contributed by atoms with van der Waals surface area (Å²) in [7, 11) is 0. The summed E-state index contributed by atoms with van der Waals surface area (Å²) >= 11 is 1.07. The summed E-state index contributed by atoms with van der Waals surface area (Å²) in [5.41, 5.74) is -0.550. The first-order valence-electron chi connectivity index (χ1n) is 3.18. The van der Waals surface area contributed by atoms with Gasteiger partial charge in [0.15, 0.2) is 5.70 Å². The van der Waals surface area contributed by atoms with Crippen LogP contribution in [0.15, 0.2) is 27.6 Å². The summed E-state index contributed by atoms with van der Waals surface area (Å²) in [5, 5.41) is 19.8. The van der Waals surface area contributed by atoms with E-state index in [2.05, 4.69) is 4.99 Å². The van der Waals surface area contributed by atoms with Gasteiger partial charge in [0.05, 0.1) is 0 Å². The minimum Gasteiger partial charge on any atom is -0.477 e. The highest BCUT2D eigenvalue weighted by Crippen LogP contribution is 2.14. The molecule has 13 heavy (non-hydrogen) atoms. The third kappa shape index (κ3) is 2.45. The molecule has 0 radical (unpaired) electrons. The molecule has 0 saturated heterocycles. The van der Waals surface area contributed by atoms with Crippen molar-refractivity contribution in [3.8, 4) is 0 Å². The highest BCUT2D eigenvalue weighted by atomic mass is 32.2. The van der Waals surface area contributed by atoms with Gasteiger partial charge in [0.25, 0.3) is 0 Å². The first-order chi connectivity index (χ1) is 6.11. The van der Waals surface area contributed by atoms with Crippen LogP contribution >= 0.6 is 11.8 Å². The molecular formula is C7H5NO4S. The lowest BCUT2D eigenvalue weighted by molar-refractivity contribution is -0.132. The molecule has 0 bridgehead atoms. The molecule has 0 atom stereocenters. The molecule has 0 unspecified atom stereocenters. The highest BCUT2D eigenvalue weighted by Gasteiger charge is 2.12. The Morgan fingerprint density at radius 1 is 1.31 bits per heavy atom. The fourth-order valence-corrected chi connectivity index (χ4v) is 1.19. The average Bonchev–Trinajstić information content (AvgIpc) is 2.28. The maximum Gasteiger partial charge on any atom is 0.355 e. The third-order valence-electron chi connectivity index (χ3n) is 1.16. The van der Waals surface area contributed by atoms with Crippen molar-refractivity contribution in [1.29, 1.82) is 0 Å². The topological polar surface area (TPSA) is 87.0 Å². The van der Waals surface area contributed by atoms with Gasteiger partial charge in [0, 0.05) is 5.41 Å². The summed E-state index contributed by atoms with van der Waals surface area (Å²) in [5.74, 6) is -2.49. The van der Waals surface area contributed by atoms with Crippen LogP contribution in [-0.2, 0) is 9.59 Å². The van der Waals surface area contributed by atoms with Crippen LogP contribution < -0.4 is 0 Å². The Balaban J connectivity index is 3.03. The van der Waals surface area contributed by atoms with Crippen molar-refractivity contribution >= 4 is 29.4 Å². The van der Waals surface area contributed by atoms with Gasteiger partial charge < -0.3 is 10.2 Å². The maximum atomic E-state index is 10.5. The highest BCUT2D eigenvalue weighted by molar-refractivity contribution is 8.05. The molecule has 5 nitrogen and oxygen atoms in total. The number of rotatable bonds is 2. The lowest BCUT2D eigenvalue weighted by Crippen LogP contribution is -2.11. The van der Waals surface area contributed by atoms with E-state index in [1.807, 2.05) is 0 Å². The number of nitrogens with zero attached hydrogens (tertiary/aromatic N) is 1.